The van der Waals surface area contributed by atoms with Gasteiger partial charge >= 0.3 is 0 Å². The Balaban J connectivity index is 1.66. The Morgan fingerprint density at radius 2 is 1.71 bits per heavy atom. The number of likely N-dealkylation sites (tertiary alicyclic amines) is 1. The van der Waals surface area contributed by atoms with Crippen LogP contribution in [0.15, 0.2) is 59.8 Å². The van der Waals surface area contributed by atoms with Gasteiger partial charge in [0.1, 0.15) is 5.25 Å². The molecule has 2 heterocycles. The van der Waals surface area contributed by atoms with Gasteiger partial charge in [-0.15, -0.1) is 10.2 Å². The first kappa shape index (κ1) is 18.8. The van der Waals surface area contributed by atoms with Gasteiger partial charge < -0.3 is 10.7 Å². The van der Waals surface area contributed by atoms with Crippen LogP contribution in [0.5, 0.6) is 0 Å². The van der Waals surface area contributed by atoms with Crippen molar-refractivity contribution in [3.05, 3.63) is 65.2 Å². The van der Waals surface area contributed by atoms with Gasteiger partial charge in [0.05, 0.1) is 5.02 Å². The number of amides is 1. The number of halogens is 1. The maximum absolute atomic E-state index is 13.2. The molecule has 0 radical (unpaired) electrons. The van der Waals surface area contributed by atoms with Crippen molar-refractivity contribution in [1.82, 2.24) is 19.8 Å². The predicted octanol–water partition coefficient (Wildman–Crippen LogP) is 3.77. The maximum Gasteiger partial charge on any atom is 0.240 e. The van der Waals surface area contributed by atoms with Crippen molar-refractivity contribution in [1.29, 1.82) is 0 Å². The summed E-state index contributed by atoms with van der Waals surface area (Å²) in [5.74, 6) is 6.82. The zero-order valence-electron chi connectivity index (χ0n) is 15.2. The molecule has 0 unspecified atom stereocenters. The molecule has 144 valence electrons. The van der Waals surface area contributed by atoms with Crippen LogP contribution in [0.4, 0.5) is 0 Å². The minimum absolute atomic E-state index is 0.0796. The third-order valence-corrected chi connectivity index (χ3v) is 6.28. The highest BCUT2D eigenvalue weighted by Crippen LogP contribution is 2.37. The van der Waals surface area contributed by atoms with E-state index in [0.29, 0.717) is 21.6 Å². The van der Waals surface area contributed by atoms with Crippen LogP contribution in [-0.2, 0) is 4.79 Å². The minimum Gasteiger partial charge on any atom is -0.341 e. The molecule has 1 aliphatic heterocycles. The van der Waals surface area contributed by atoms with E-state index in [9.17, 15) is 4.79 Å². The third-order valence-electron chi connectivity index (χ3n) is 4.75. The van der Waals surface area contributed by atoms with Gasteiger partial charge in [-0.2, -0.15) is 0 Å². The number of benzene rings is 2. The molecule has 1 atom stereocenters. The molecule has 6 nitrogen and oxygen atoms in total. The third kappa shape index (κ3) is 3.72. The van der Waals surface area contributed by atoms with Crippen molar-refractivity contribution < 1.29 is 4.79 Å². The van der Waals surface area contributed by atoms with E-state index in [-0.39, 0.29) is 5.91 Å². The summed E-state index contributed by atoms with van der Waals surface area (Å²) in [7, 11) is 0. The second kappa shape index (κ2) is 8.24. The summed E-state index contributed by atoms with van der Waals surface area (Å²) in [6.07, 6.45) is 2.09. The number of thioether (sulfide) groups is 1. The van der Waals surface area contributed by atoms with Crippen molar-refractivity contribution in [2.45, 2.75) is 23.2 Å². The highest BCUT2D eigenvalue weighted by molar-refractivity contribution is 8.00. The van der Waals surface area contributed by atoms with E-state index in [0.717, 1.165) is 31.5 Å². The number of rotatable bonds is 5. The lowest BCUT2D eigenvalue weighted by molar-refractivity contribution is -0.129. The average molecular weight is 414 g/mol. The molecule has 3 aromatic rings. The van der Waals surface area contributed by atoms with E-state index in [1.807, 2.05) is 53.4 Å². The van der Waals surface area contributed by atoms with E-state index in [4.69, 9.17) is 17.4 Å². The topological polar surface area (TPSA) is 77.0 Å². The van der Waals surface area contributed by atoms with Crippen molar-refractivity contribution in [2.24, 2.45) is 0 Å². The van der Waals surface area contributed by atoms with Crippen LogP contribution in [0, 0.1) is 0 Å². The summed E-state index contributed by atoms with van der Waals surface area (Å²) in [5.41, 5.74) is 1.62. The lowest BCUT2D eigenvalue weighted by atomic mass is 10.1. The smallest absolute Gasteiger partial charge is 0.240 e. The van der Waals surface area contributed by atoms with Crippen LogP contribution < -0.4 is 5.84 Å². The average Bonchev–Trinajstić information content (AvgIpc) is 3.37. The number of nitrogens with zero attached hydrogens (tertiary/aromatic N) is 4. The van der Waals surface area contributed by atoms with Gasteiger partial charge in [-0.1, -0.05) is 65.8 Å². The fourth-order valence-electron chi connectivity index (χ4n) is 3.28. The molecular formula is C20H20ClN5OS. The number of nitrogens with two attached hydrogens (primary N) is 1. The van der Waals surface area contributed by atoms with Gasteiger partial charge in [0.15, 0.2) is 5.82 Å². The first-order valence-corrected chi connectivity index (χ1v) is 10.4. The van der Waals surface area contributed by atoms with Gasteiger partial charge in [0.25, 0.3) is 0 Å². The molecule has 1 fully saturated rings. The van der Waals surface area contributed by atoms with Crippen molar-refractivity contribution >= 4 is 29.3 Å². The van der Waals surface area contributed by atoms with E-state index in [1.165, 1.54) is 16.4 Å². The first-order chi connectivity index (χ1) is 13.6. The highest BCUT2D eigenvalue weighted by atomic mass is 35.5. The van der Waals surface area contributed by atoms with Crippen LogP contribution in [-0.4, -0.2) is 38.8 Å². The lowest BCUT2D eigenvalue weighted by Gasteiger charge is -2.22. The number of hydrogen-bond donors (Lipinski definition) is 1. The van der Waals surface area contributed by atoms with Crippen molar-refractivity contribution in [3.63, 3.8) is 0 Å². The standard InChI is InChI=1S/C20H20ClN5OS/c21-16-11-5-4-10-15(16)18-23-24-20(26(18)22)28-17(14-8-2-1-3-9-14)19(27)25-12-6-7-13-25/h1-5,8-11,17H,6-7,12-13,22H2/t17-/m0/s1. The van der Waals surface area contributed by atoms with Gasteiger partial charge in [0, 0.05) is 18.7 Å². The number of carbonyl (C=O) groups is 1. The molecule has 28 heavy (non-hydrogen) atoms. The van der Waals surface area contributed by atoms with Crippen LogP contribution in [0.1, 0.15) is 23.7 Å². The Labute approximate surface area is 172 Å². The monoisotopic (exact) mass is 413 g/mol. The molecule has 8 heteroatoms. The normalized spacial score (nSPS) is 15.0. The highest BCUT2D eigenvalue weighted by Gasteiger charge is 2.30. The first-order valence-electron chi connectivity index (χ1n) is 9.11. The van der Waals surface area contributed by atoms with Crippen molar-refractivity contribution in [3.8, 4) is 11.4 Å². The second-order valence-corrected chi connectivity index (χ2v) is 8.08. The number of carbonyl (C=O) groups excluding carboxylic acids is 1. The maximum atomic E-state index is 13.2. The van der Waals surface area contributed by atoms with E-state index in [2.05, 4.69) is 10.2 Å². The summed E-state index contributed by atoms with van der Waals surface area (Å²) in [5, 5.41) is 9.03. The molecule has 1 amide bonds. The van der Waals surface area contributed by atoms with Crippen LogP contribution in [0.25, 0.3) is 11.4 Å². The minimum atomic E-state index is -0.426. The summed E-state index contributed by atoms with van der Waals surface area (Å²) in [4.78, 5) is 15.1. The Morgan fingerprint density at radius 3 is 2.43 bits per heavy atom. The molecule has 1 aliphatic rings. The Kier molecular flexibility index (Phi) is 5.54. The zero-order valence-corrected chi connectivity index (χ0v) is 16.7. The summed E-state index contributed by atoms with van der Waals surface area (Å²) in [6, 6.07) is 17.1. The molecule has 1 saturated heterocycles. The number of hydrogen-bond acceptors (Lipinski definition) is 5. The van der Waals surface area contributed by atoms with Gasteiger partial charge in [-0.3, -0.25) is 4.79 Å². The van der Waals surface area contributed by atoms with Gasteiger partial charge in [-0.25, -0.2) is 4.68 Å². The van der Waals surface area contributed by atoms with Crippen LogP contribution in [0.3, 0.4) is 0 Å². The van der Waals surface area contributed by atoms with Gasteiger partial charge in [0.2, 0.25) is 11.1 Å². The Morgan fingerprint density at radius 1 is 1.04 bits per heavy atom. The molecule has 0 spiro atoms. The van der Waals surface area contributed by atoms with E-state index < -0.39 is 5.25 Å². The number of aromatic nitrogens is 3. The fourth-order valence-corrected chi connectivity index (χ4v) is 4.54. The molecule has 0 bridgehead atoms. The molecule has 4 rings (SSSR count). The van der Waals surface area contributed by atoms with E-state index >= 15 is 0 Å². The summed E-state index contributed by atoms with van der Waals surface area (Å²) >= 11 is 7.59. The van der Waals surface area contributed by atoms with Crippen LogP contribution >= 0.6 is 23.4 Å². The molecule has 1 aromatic heterocycles. The number of nitrogen functional groups attached to an aromatic ring is 1. The quantitative estimate of drug-likeness (QED) is 0.509. The SMILES string of the molecule is Nn1c(S[C@H](C(=O)N2CCCC2)c2ccccc2)nnc1-c1ccccc1Cl. The van der Waals surface area contributed by atoms with Gasteiger partial charge in [-0.05, 0) is 30.5 Å². The fraction of sp³-hybridized carbons (Fsp3) is 0.250. The molecule has 2 aromatic carbocycles. The molecule has 0 aliphatic carbocycles. The summed E-state index contributed by atoms with van der Waals surface area (Å²) in [6.45, 7) is 1.59. The molecule has 0 saturated carbocycles. The van der Waals surface area contributed by atoms with Crippen LogP contribution in [0.2, 0.25) is 5.02 Å². The van der Waals surface area contributed by atoms with E-state index in [1.54, 1.807) is 6.07 Å². The lowest BCUT2D eigenvalue weighted by Crippen LogP contribution is -2.31. The Bertz CT molecular complexity index is 972. The Hall–Kier alpha value is -2.51. The largest absolute Gasteiger partial charge is 0.341 e. The summed E-state index contributed by atoms with van der Waals surface area (Å²) < 4.78 is 1.40. The van der Waals surface area contributed by atoms with Crippen molar-refractivity contribution in [2.75, 3.05) is 18.9 Å². The molecule has 2 N–H and O–H groups in total. The predicted molar refractivity (Wildman–Crippen MR) is 111 cm³/mol. The molecular weight excluding hydrogens is 394 g/mol. The zero-order chi connectivity index (χ0) is 19.5. The second-order valence-electron chi connectivity index (χ2n) is 6.60.